The number of sulfonamides is 1. The summed E-state index contributed by atoms with van der Waals surface area (Å²) in [6.45, 7) is 7.28. The molecule has 0 bridgehead atoms. The van der Waals surface area contributed by atoms with E-state index in [4.69, 9.17) is 0 Å². The monoisotopic (exact) mass is 497 g/mol. The molecule has 2 heterocycles. The van der Waals surface area contributed by atoms with E-state index in [1.807, 2.05) is 18.2 Å². The topological polar surface area (TPSA) is 69.7 Å². The quantitative estimate of drug-likeness (QED) is 0.560. The van der Waals surface area contributed by atoms with Gasteiger partial charge >= 0.3 is 0 Å². The normalized spacial score (nSPS) is 18.4. The van der Waals surface area contributed by atoms with Crippen LogP contribution in [0.3, 0.4) is 0 Å². The highest BCUT2D eigenvalue weighted by Crippen LogP contribution is 2.22. The summed E-state index contributed by atoms with van der Waals surface area (Å²) in [5.41, 5.74) is 3.43. The summed E-state index contributed by atoms with van der Waals surface area (Å²) in [5.74, 6) is 0.827. The first-order chi connectivity index (χ1) is 16.9. The summed E-state index contributed by atoms with van der Waals surface area (Å²) >= 11 is 0. The molecule has 0 spiro atoms. The second-order valence-corrected chi connectivity index (χ2v) is 12.1. The molecule has 2 aliphatic rings. The van der Waals surface area contributed by atoms with E-state index in [1.165, 1.54) is 24.0 Å². The van der Waals surface area contributed by atoms with Crippen LogP contribution in [0.25, 0.3) is 0 Å². The molecule has 1 amide bonds. The SMILES string of the molecule is CC1CCN(Cc2ccccc2CNC(=O)CCc2ccc(S(=O)(=O)N3CCCCC3)cc2)CC1. The lowest BCUT2D eigenvalue weighted by Gasteiger charge is -2.30. The third kappa shape index (κ3) is 7.15. The average molecular weight is 498 g/mol. The number of carbonyl (C=O) groups excluding carboxylic acids is 1. The second kappa shape index (κ2) is 12.2. The predicted octanol–water partition coefficient (Wildman–Crippen LogP) is 4.34. The molecule has 2 aliphatic heterocycles. The summed E-state index contributed by atoms with van der Waals surface area (Å²) in [5, 5.41) is 3.07. The van der Waals surface area contributed by atoms with Crippen LogP contribution in [-0.2, 0) is 34.3 Å². The Morgan fingerprint density at radius 1 is 0.914 bits per heavy atom. The highest BCUT2D eigenvalue weighted by molar-refractivity contribution is 7.89. The number of hydrogen-bond acceptors (Lipinski definition) is 4. The van der Waals surface area contributed by atoms with Gasteiger partial charge in [-0.1, -0.05) is 49.7 Å². The number of rotatable bonds is 9. The number of amides is 1. The van der Waals surface area contributed by atoms with Crippen molar-refractivity contribution in [2.24, 2.45) is 5.92 Å². The molecule has 35 heavy (non-hydrogen) atoms. The highest BCUT2D eigenvalue weighted by atomic mass is 32.2. The number of benzene rings is 2. The number of piperidine rings is 2. The van der Waals surface area contributed by atoms with Crippen molar-refractivity contribution in [3.63, 3.8) is 0 Å². The van der Waals surface area contributed by atoms with E-state index < -0.39 is 10.0 Å². The van der Waals surface area contributed by atoms with Crippen LogP contribution in [0.1, 0.15) is 62.1 Å². The number of nitrogens with one attached hydrogen (secondary N) is 1. The molecule has 0 aliphatic carbocycles. The molecule has 2 aromatic rings. The Morgan fingerprint density at radius 3 is 2.26 bits per heavy atom. The molecule has 6 nitrogen and oxygen atoms in total. The standard InChI is InChI=1S/C28H39N3O3S/c1-23-15-19-30(20-16-23)22-26-8-4-3-7-25(26)21-29-28(32)14-11-24-9-12-27(13-10-24)35(33,34)31-17-5-2-6-18-31/h3-4,7-10,12-13,23H,2,5-6,11,14-22H2,1H3,(H,29,32). The number of hydrogen-bond donors (Lipinski definition) is 1. The number of likely N-dealkylation sites (tertiary alicyclic amines) is 1. The first-order valence-electron chi connectivity index (χ1n) is 13.1. The van der Waals surface area contributed by atoms with Crippen molar-refractivity contribution in [1.29, 1.82) is 0 Å². The van der Waals surface area contributed by atoms with Crippen LogP contribution in [-0.4, -0.2) is 49.7 Å². The average Bonchev–Trinajstić information content (AvgIpc) is 2.89. The van der Waals surface area contributed by atoms with Gasteiger partial charge in [0, 0.05) is 32.6 Å². The van der Waals surface area contributed by atoms with Gasteiger partial charge in [0.25, 0.3) is 0 Å². The zero-order valence-electron chi connectivity index (χ0n) is 20.9. The molecule has 2 fully saturated rings. The zero-order valence-corrected chi connectivity index (χ0v) is 21.7. The van der Waals surface area contributed by atoms with Crippen LogP contribution in [0.15, 0.2) is 53.4 Å². The first-order valence-corrected chi connectivity index (χ1v) is 14.5. The minimum absolute atomic E-state index is 0.0108. The lowest BCUT2D eigenvalue weighted by Crippen LogP contribution is -2.35. The van der Waals surface area contributed by atoms with Gasteiger partial charge in [-0.05, 0) is 79.9 Å². The fourth-order valence-electron chi connectivity index (χ4n) is 4.97. The van der Waals surface area contributed by atoms with Gasteiger partial charge in [0.2, 0.25) is 15.9 Å². The van der Waals surface area contributed by atoms with Crippen molar-refractivity contribution >= 4 is 15.9 Å². The van der Waals surface area contributed by atoms with Gasteiger partial charge in [0.1, 0.15) is 0 Å². The summed E-state index contributed by atoms with van der Waals surface area (Å²) in [6.07, 6.45) is 6.42. The molecular weight excluding hydrogens is 458 g/mol. The Kier molecular flexibility index (Phi) is 8.98. The summed E-state index contributed by atoms with van der Waals surface area (Å²) in [6, 6.07) is 15.4. The molecular formula is C28H39N3O3S. The van der Waals surface area contributed by atoms with Gasteiger partial charge < -0.3 is 5.32 Å². The molecule has 2 aromatic carbocycles. The molecule has 0 atom stereocenters. The van der Waals surface area contributed by atoms with Crippen LogP contribution >= 0.6 is 0 Å². The lowest BCUT2D eigenvalue weighted by molar-refractivity contribution is -0.121. The fraction of sp³-hybridized carbons (Fsp3) is 0.536. The van der Waals surface area contributed by atoms with Gasteiger partial charge in [-0.3, -0.25) is 9.69 Å². The van der Waals surface area contributed by atoms with Crippen LogP contribution in [0.5, 0.6) is 0 Å². The van der Waals surface area contributed by atoms with Crippen molar-refractivity contribution in [1.82, 2.24) is 14.5 Å². The van der Waals surface area contributed by atoms with Crippen LogP contribution in [0, 0.1) is 5.92 Å². The molecule has 4 rings (SSSR count). The van der Waals surface area contributed by atoms with Crippen molar-refractivity contribution in [3.8, 4) is 0 Å². The third-order valence-electron chi connectivity index (χ3n) is 7.38. The minimum atomic E-state index is -3.42. The Labute approximate surface area is 210 Å². The van der Waals surface area contributed by atoms with Crippen molar-refractivity contribution in [2.75, 3.05) is 26.2 Å². The molecule has 0 aromatic heterocycles. The van der Waals surface area contributed by atoms with E-state index in [9.17, 15) is 13.2 Å². The maximum absolute atomic E-state index is 12.8. The third-order valence-corrected chi connectivity index (χ3v) is 9.29. The zero-order chi connectivity index (χ0) is 24.7. The van der Waals surface area contributed by atoms with Crippen LogP contribution in [0.4, 0.5) is 0 Å². The van der Waals surface area contributed by atoms with E-state index in [0.717, 1.165) is 50.4 Å². The predicted molar refractivity (Wildman–Crippen MR) is 139 cm³/mol. The van der Waals surface area contributed by atoms with E-state index in [-0.39, 0.29) is 5.91 Å². The van der Waals surface area contributed by atoms with Crippen molar-refractivity contribution in [2.45, 2.75) is 69.9 Å². The van der Waals surface area contributed by atoms with E-state index >= 15 is 0 Å². The molecule has 190 valence electrons. The maximum Gasteiger partial charge on any atom is 0.243 e. The lowest BCUT2D eigenvalue weighted by atomic mass is 9.98. The molecule has 0 saturated carbocycles. The highest BCUT2D eigenvalue weighted by Gasteiger charge is 2.25. The van der Waals surface area contributed by atoms with E-state index in [2.05, 4.69) is 35.3 Å². The molecule has 1 N–H and O–H groups in total. The smallest absolute Gasteiger partial charge is 0.243 e. The van der Waals surface area contributed by atoms with Crippen LogP contribution in [0.2, 0.25) is 0 Å². The molecule has 0 radical (unpaired) electrons. The second-order valence-electron chi connectivity index (χ2n) is 10.1. The molecule has 0 unspecified atom stereocenters. The van der Waals surface area contributed by atoms with E-state index in [0.29, 0.717) is 37.4 Å². The largest absolute Gasteiger partial charge is 0.352 e. The number of nitrogens with zero attached hydrogens (tertiary/aromatic N) is 2. The Bertz CT molecular complexity index is 1070. The Morgan fingerprint density at radius 2 is 1.57 bits per heavy atom. The summed E-state index contributed by atoms with van der Waals surface area (Å²) in [7, 11) is -3.42. The van der Waals surface area contributed by atoms with Crippen LogP contribution < -0.4 is 5.32 Å². The van der Waals surface area contributed by atoms with Crippen molar-refractivity contribution < 1.29 is 13.2 Å². The van der Waals surface area contributed by atoms with Gasteiger partial charge in [0.15, 0.2) is 0 Å². The first kappa shape index (κ1) is 25.9. The maximum atomic E-state index is 12.8. The van der Waals surface area contributed by atoms with Crippen molar-refractivity contribution in [3.05, 3.63) is 65.2 Å². The van der Waals surface area contributed by atoms with Gasteiger partial charge in [-0.15, -0.1) is 0 Å². The fourth-order valence-corrected chi connectivity index (χ4v) is 6.48. The van der Waals surface area contributed by atoms with E-state index in [1.54, 1.807) is 16.4 Å². The number of carbonyl (C=O) groups is 1. The molecule has 2 saturated heterocycles. The Balaban J connectivity index is 1.25. The van der Waals surface area contributed by atoms with Gasteiger partial charge in [-0.2, -0.15) is 4.31 Å². The number of aryl methyl sites for hydroxylation is 1. The molecule has 7 heteroatoms. The van der Waals surface area contributed by atoms with Gasteiger partial charge in [-0.25, -0.2) is 8.42 Å². The summed E-state index contributed by atoms with van der Waals surface area (Å²) in [4.78, 5) is 15.4. The van der Waals surface area contributed by atoms with Gasteiger partial charge in [0.05, 0.1) is 4.90 Å². The minimum Gasteiger partial charge on any atom is -0.352 e. The summed E-state index contributed by atoms with van der Waals surface area (Å²) < 4.78 is 27.2. The Hall–Kier alpha value is -2.22.